The summed E-state index contributed by atoms with van der Waals surface area (Å²) in [4.78, 5) is 13.9. The van der Waals surface area contributed by atoms with Gasteiger partial charge in [-0.2, -0.15) is 0 Å². The van der Waals surface area contributed by atoms with Crippen molar-refractivity contribution in [3.8, 4) is 0 Å². The second-order valence-electron chi connectivity index (χ2n) is 8.07. The molecule has 1 heterocycles. The van der Waals surface area contributed by atoms with E-state index < -0.39 is 5.91 Å². The number of fused-ring (bicyclic) bond motifs is 2. The highest BCUT2D eigenvalue weighted by molar-refractivity contribution is 5.93. The van der Waals surface area contributed by atoms with Gasteiger partial charge >= 0.3 is 0 Å². The average Bonchev–Trinajstić information content (AvgIpc) is 3.04. The standard InChI is InChI=1S/C20H27FN2O2/c21-19-10-16(20(24)22-25)9-14-7-8-23(12-18(14)19)11-15-6-5-13-3-1-2-4-17(13)15/h9-10,13,15,17,25H,1-8,11-12H2,(H,22,24)/t13?,15-,17?/m1/s1. The first-order valence-corrected chi connectivity index (χ1v) is 9.64. The van der Waals surface area contributed by atoms with Crippen LogP contribution in [0.5, 0.6) is 0 Å². The van der Waals surface area contributed by atoms with E-state index in [1.807, 2.05) is 0 Å². The summed E-state index contributed by atoms with van der Waals surface area (Å²) in [6, 6.07) is 2.95. The van der Waals surface area contributed by atoms with Crippen LogP contribution in [0.3, 0.4) is 0 Å². The normalized spacial score (nSPS) is 29.1. The van der Waals surface area contributed by atoms with Gasteiger partial charge in [-0.25, -0.2) is 9.87 Å². The van der Waals surface area contributed by atoms with Crippen molar-refractivity contribution in [3.63, 3.8) is 0 Å². The number of carbonyl (C=O) groups excluding carboxylic acids is 1. The molecule has 1 amide bonds. The number of rotatable bonds is 3. The van der Waals surface area contributed by atoms with E-state index in [1.54, 1.807) is 11.5 Å². The second-order valence-corrected chi connectivity index (χ2v) is 8.07. The molecule has 4 nitrogen and oxygen atoms in total. The topological polar surface area (TPSA) is 52.6 Å². The summed E-state index contributed by atoms with van der Waals surface area (Å²) in [5.74, 6) is 1.61. The molecule has 0 saturated heterocycles. The fraction of sp³-hybridized carbons (Fsp3) is 0.650. The molecule has 0 radical (unpaired) electrons. The van der Waals surface area contributed by atoms with Gasteiger partial charge in [-0.15, -0.1) is 0 Å². The van der Waals surface area contributed by atoms with Crippen molar-refractivity contribution >= 4 is 5.91 Å². The maximum absolute atomic E-state index is 14.5. The molecule has 2 saturated carbocycles. The van der Waals surface area contributed by atoms with Crippen molar-refractivity contribution in [2.75, 3.05) is 13.1 Å². The van der Waals surface area contributed by atoms with E-state index in [-0.39, 0.29) is 11.4 Å². The Bertz CT molecular complexity index is 663. The predicted octanol–water partition coefficient (Wildman–Crippen LogP) is 3.52. The molecule has 136 valence electrons. The lowest BCUT2D eigenvalue weighted by Gasteiger charge is -2.35. The van der Waals surface area contributed by atoms with Gasteiger partial charge in [0.05, 0.1) is 0 Å². The zero-order chi connectivity index (χ0) is 17.4. The lowest BCUT2D eigenvalue weighted by atomic mass is 9.78. The van der Waals surface area contributed by atoms with Gasteiger partial charge in [-0.05, 0) is 61.1 Å². The van der Waals surface area contributed by atoms with E-state index >= 15 is 0 Å². The maximum atomic E-state index is 14.5. The van der Waals surface area contributed by atoms with E-state index in [0.717, 1.165) is 48.4 Å². The molecule has 3 atom stereocenters. The molecule has 0 aromatic heterocycles. The van der Waals surface area contributed by atoms with Crippen LogP contribution in [0.4, 0.5) is 4.39 Å². The van der Waals surface area contributed by atoms with Crippen molar-refractivity contribution in [2.24, 2.45) is 17.8 Å². The van der Waals surface area contributed by atoms with Gasteiger partial charge in [-0.1, -0.05) is 19.3 Å². The smallest absolute Gasteiger partial charge is 0.274 e. The number of amides is 1. The van der Waals surface area contributed by atoms with E-state index in [9.17, 15) is 9.18 Å². The molecule has 0 bridgehead atoms. The highest BCUT2D eigenvalue weighted by Crippen LogP contribution is 2.46. The van der Waals surface area contributed by atoms with Crippen molar-refractivity contribution in [3.05, 3.63) is 34.6 Å². The van der Waals surface area contributed by atoms with Gasteiger partial charge in [0, 0.05) is 30.8 Å². The molecule has 5 heteroatoms. The fourth-order valence-corrected chi connectivity index (χ4v) is 5.44. The zero-order valence-electron chi connectivity index (χ0n) is 14.6. The Morgan fingerprint density at radius 1 is 1.24 bits per heavy atom. The Hall–Kier alpha value is -1.46. The maximum Gasteiger partial charge on any atom is 0.274 e. The summed E-state index contributed by atoms with van der Waals surface area (Å²) in [6.45, 7) is 2.64. The Morgan fingerprint density at radius 2 is 2.08 bits per heavy atom. The number of nitrogens with zero attached hydrogens (tertiary/aromatic N) is 1. The number of hydroxylamine groups is 1. The summed E-state index contributed by atoms with van der Waals surface area (Å²) in [5.41, 5.74) is 3.39. The largest absolute Gasteiger partial charge is 0.298 e. The average molecular weight is 346 g/mol. The summed E-state index contributed by atoms with van der Waals surface area (Å²) < 4.78 is 14.5. The van der Waals surface area contributed by atoms with Crippen LogP contribution in [0, 0.1) is 23.6 Å². The predicted molar refractivity (Wildman–Crippen MR) is 92.8 cm³/mol. The minimum atomic E-state index is -0.654. The molecular formula is C20H27FN2O2. The first-order valence-electron chi connectivity index (χ1n) is 9.64. The molecule has 2 unspecified atom stereocenters. The van der Waals surface area contributed by atoms with E-state index in [0.29, 0.717) is 6.54 Å². The number of halogens is 1. The van der Waals surface area contributed by atoms with Crippen molar-refractivity contribution < 1.29 is 14.4 Å². The lowest BCUT2D eigenvalue weighted by molar-refractivity contribution is 0.0705. The Kier molecular flexibility index (Phi) is 4.78. The summed E-state index contributed by atoms with van der Waals surface area (Å²) in [7, 11) is 0. The molecule has 4 rings (SSSR count). The molecular weight excluding hydrogens is 319 g/mol. The van der Waals surface area contributed by atoms with E-state index in [1.165, 1.54) is 44.6 Å². The number of nitrogens with one attached hydrogen (secondary N) is 1. The lowest BCUT2D eigenvalue weighted by Crippen LogP contribution is -2.37. The second kappa shape index (κ2) is 7.04. The van der Waals surface area contributed by atoms with Crippen LogP contribution in [0.25, 0.3) is 0 Å². The van der Waals surface area contributed by atoms with Crippen LogP contribution in [0.2, 0.25) is 0 Å². The Balaban J connectivity index is 1.45. The van der Waals surface area contributed by atoms with Gasteiger partial charge < -0.3 is 0 Å². The SMILES string of the molecule is O=C(NO)c1cc(F)c2c(c1)CCN(C[C@H]1CCC3CCCCC31)C2. The molecule has 2 N–H and O–H groups in total. The van der Waals surface area contributed by atoms with E-state index in [4.69, 9.17) is 5.21 Å². The molecule has 1 aromatic rings. The summed E-state index contributed by atoms with van der Waals surface area (Å²) in [5, 5.41) is 8.75. The minimum absolute atomic E-state index is 0.188. The molecule has 3 aliphatic rings. The van der Waals surface area contributed by atoms with Crippen LogP contribution in [-0.2, 0) is 13.0 Å². The van der Waals surface area contributed by atoms with Crippen molar-refractivity contribution in [2.45, 2.75) is 51.5 Å². The Morgan fingerprint density at radius 3 is 2.92 bits per heavy atom. The van der Waals surface area contributed by atoms with Crippen LogP contribution in [0.15, 0.2) is 12.1 Å². The summed E-state index contributed by atoms with van der Waals surface area (Å²) >= 11 is 0. The number of carbonyl (C=O) groups is 1. The van der Waals surface area contributed by atoms with E-state index in [2.05, 4.69) is 4.90 Å². The molecule has 1 aliphatic heterocycles. The third-order valence-electron chi connectivity index (χ3n) is 6.71. The third kappa shape index (κ3) is 3.32. The number of hydrogen-bond acceptors (Lipinski definition) is 3. The van der Waals surface area contributed by atoms with Gasteiger partial charge in [0.25, 0.3) is 5.91 Å². The van der Waals surface area contributed by atoms with Gasteiger partial charge in [0.2, 0.25) is 0 Å². The van der Waals surface area contributed by atoms with Crippen LogP contribution in [-0.4, -0.2) is 29.1 Å². The summed E-state index contributed by atoms with van der Waals surface area (Å²) in [6.07, 6.45) is 9.05. The highest BCUT2D eigenvalue weighted by atomic mass is 19.1. The molecule has 25 heavy (non-hydrogen) atoms. The third-order valence-corrected chi connectivity index (χ3v) is 6.71. The van der Waals surface area contributed by atoms with Crippen LogP contribution >= 0.6 is 0 Å². The Labute approximate surface area is 148 Å². The first-order chi connectivity index (χ1) is 12.2. The monoisotopic (exact) mass is 346 g/mol. The van der Waals surface area contributed by atoms with Gasteiger partial charge in [0.15, 0.2) is 0 Å². The number of benzene rings is 1. The van der Waals surface area contributed by atoms with Crippen molar-refractivity contribution in [1.82, 2.24) is 10.4 Å². The molecule has 2 fully saturated rings. The highest BCUT2D eigenvalue weighted by Gasteiger charge is 2.38. The zero-order valence-corrected chi connectivity index (χ0v) is 14.6. The quantitative estimate of drug-likeness (QED) is 0.650. The molecule has 0 spiro atoms. The molecule has 2 aliphatic carbocycles. The van der Waals surface area contributed by atoms with Crippen LogP contribution in [0.1, 0.15) is 60.0 Å². The minimum Gasteiger partial charge on any atom is -0.298 e. The van der Waals surface area contributed by atoms with Crippen LogP contribution < -0.4 is 5.48 Å². The van der Waals surface area contributed by atoms with Gasteiger partial charge in [0.1, 0.15) is 5.82 Å². The fourth-order valence-electron chi connectivity index (χ4n) is 5.44. The van der Waals surface area contributed by atoms with Gasteiger partial charge in [-0.3, -0.25) is 14.9 Å². The molecule has 1 aromatic carbocycles. The number of hydrogen-bond donors (Lipinski definition) is 2. The van der Waals surface area contributed by atoms with Crippen molar-refractivity contribution in [1.29, 1.82) is 0 Å². The first kappa shape index (κ1) is 17.0.